The fourth-order valence-corrected chi connectivity index (χ4v) is 1.98. The van der Waals surface area contributed by atoms with E-state index in [9.17, 15) is 0 Å². The Labute approximate surface area is 142 Å². The van der Waals surface area contributed by atoms with E-state index < -0.39 is 0 Å². The highest BCUT2D eigenvalue weighted by atomic mass is 14.8. The molecular weight excluding hydrogens is 266 g/mol. The largest absolute Gasteiger partial charge is 0.320 e. The van der Waals surface area contributed by atoms with Gasteiger partial charge in [-0.05, 0) is 45.2 Å². The molecule has 0 fully saturated rings. The van der Waals surface area contributed by atoms with Gasteiger partial charge in [0, 0.05) is 0 Å². The fraction of sp³-hybridized carbons (Fsp3) is 0.810. The molecule has 0 saturated heterocycles. The molecule has 0 spiro atoms. The molecule has 0 aromatic carbocycles. The fourth-order valence-electron chi connectivity index (χ4n) is 1.98. The Hall–Kier alpha value is -0.560. The van der Waals surface area contributed by atoms with E-state index in [-0.39, 0.29) is 0 Å². The molecule has 1 nitrogen and oxygen atoms in total. The molecule has 1 heteroatoms. The minimum Gasteiger partial charge on any atom is -0.320 e. The normalized spacial score (nSPS) is 9.36. The minimum absolute atomic E-state index is 0.780. The molecule has 0 aliphatic carbocycles. The zero-order valence-electron chi connectivity index (χ0n) is 16.4. The maximum absolute atomic E-state index is 3.73. The first-order valence-corrected chi connectivity index (χ1v) is 9.55. The first-order valence-electron chi connectivity index (χ1n) is 9.55. The average molecular weight is 312 g/mol. The second-order valence-corrected chi connectivity index (χ2v) is 5.93. The molecule has 0 bridgehead atoms. The molecule has 0 rings (SSSR count). The van der Waals surface area contributed by atoms with Gasteiger partial charge < -0.3 is 5.32 Å². The molecule has 0 saturated carbocycles. The first kappa shape index (κ1) is 26.3. The molecule has 1 N–H and O–H groups in total. The van der Waals surface area contributed by atoms with Crippen molar-refractivity contribution in [3.63, 3.8) is 0 Å². The molecule has 0 aliphatic heterocycles. The van der Waals surface area contributed by atoms with Crippen molar-refractivity contribution in [1.82, 2.24) is 5.32 Å². The van der Waals surface area contributed by atoms with E-state index in [0.29, 0.717) is 0 Å². The van der Waals surface area contributed by atoms with Gasteiger partial charge in [-0.25, -0.2) is 0 Å². The molecular formula is C21H45N. The topological polar surface area (TPSA) is 12.0 Å². The average Bonchev–Trinajstić information content (AvgIpc) is 2.52. The van der Waals surface area contributed by atoms with Crippen molar-refractivity contribution < 1.29 is 0 Å². The number of hydrogen-bond acceptors (Lipinski definition) is 1. The summed E-state index contributed by atoms with van der Waals surface area (Å²) in [6, 6.07) is 0. The lowest BCUT2D eigenvalue weighted by Crippen LogP contribution is -2.06. The summed E-state index contributed by atoms with van der Waals surface area (Å²) in [6.45, 7) is 16.9. The van der Waals surface area contributed by atoms with Crippen molar-refractivity contribution in [3.8, 4) is 0 Å². The van der Waals surface area contributed by atoms with Gasteiger partial charge in [-0.3, -0.25) is 0 Å². The highest BCUT2D eigenvalue weighted by Gasteiger charge is 1.91. The predicted molar refractivity (Wildman–Crippen MR) is 107 cm³/mol. The smallest absolute Gasteiger partial charge is 0.00519 e. The summed E-state index contributed by atoms with van der Waals surface area (Å²) in [4.78, 5) is 0. The van der Waals surface area contributed by atoms with E-state index in [0.717, 1.165) is 12.3 Å². The standard InChI is InChI=1S/C13H27N.C6H12.C2H6/c1-3-4-5-6-7-8-9-10-11-12-13-14-2;1-4-5-6(2)3;1-2/h3,14H,1,4-13H2,2H3;4,6H,1,5H2,2-3H3;1-2H3. The third-order valence-electron chi connectivity index (χ3n) is 3.22. The van der Waals surface area contributed by atoms with E-state index in [1.165, 1.54) is 64.3 Å². The van der Waals surface area contributed by atoms with Gasteiger partial charge in [0.15, 0.2) is 0 Å². The van der Waals surface area contributed by atoms with Crippen LogP contribution in [0.25, 0.3) is 0 Å². The molecule has 0 radical (unpaired) electrons. The van der Waals surface area contributed by atoms with Crippen LogP contribution in [0.5, 0.6) is 0 Å². The lowest BCUT2D eigenvalue weighted by atomic mass is 10.1. The van der Waals surface area contributed by atoms with Crippen LogP contribution in [0.15, 0.2) is 25.3 Å². The van der Waals surface area contributed by atoms with Crippen molar-refractivity contribution in [2.75, 3.05) is 13.6 Å². The SMILES string of the molecule is C=CCC(C)C.C=CCCCCCCCCCCNC.CC. The molecule has 0 aromatic heterocycles. The Balaban J connectivity index is -0.000000378. The van der Waals surface area contributed by atoms with Crippen LogP contribution < -0.4 is 5.32 Å². The lowest BCUT2D eigenvalue weighted by molar-refractivity contribution is 0.562. The van der Waals surface area contributed by atoms with Gasteiger partial charge in [0.2, 0.25) is 0 Å². The van der Waals surface area contributed by atoms with Crippen LogP contribution >= 0.6 is 0 Å². The predicted octanol–water partition coefficient (Wildman–Crippen LogP) is 7.15. The molecule has 0 unspecified atom stereocenters. The molecule has 0 heterocycles. The van der Waals surface area contributed by atoms with Gasteiger partial charge in [0.25, 0.3) is 0 Å². The summed E-state index contributed by atoms with van der Waals surface area (Å²) in [5, 5.41) is 3.18. The Morgan fingerprint density at radius 1 is 0.773 bits per heavy atom. The van der Waals surface area contributed by atoms with Gasteiger partial charge >= 0.3 is 0 Å². The molecule has 22 heavy (non-hydrogen) atoms. The Morgan fingerprint density at radius 2 is 1.23 bits per heavy atom. The number of hydrogen-bond donors (Lipinski definition) is 1. The molecule has 134 valence electrons. The van der Waals surface area contributed by atoms with Crippen LogP contribution in [-0.4, -0.2) is 13.6 Å². The summed E-state index contributed by atoms with van der Waals surface area (Å²) in [5.74, 6) is 0.780. The van der Waals surface area contributed by atoms with E-state index in [1.807, 2.05) is 33.0 Å². The van der Waals surface area contributed by atoms with Crippen LogP contribution in [0.2, 0.25) is 0 Å². The Bertz CT molecular complexity index is 184. The van der Waals surface area contributed by atoms with Gasteiger partial charge in [-0.1, -0.05) is 78.4 Å². The minimum atomic E-state index is 0.780. The van der Waals surface area contributed by atoms with E-state index in [2.05, 4.69) is 32.3 Å². The molecule has 0 atom stereocenters. The molecule has 0 aliphatic rings. The second kappa shape index (κ2) is 28.6. The summed E-state index contributed by atoms with van der Waals surface area (Å²) < 4.78 is 0. The third-order valence-corrected chi connectivity index (χ3v) is 3.22. The lowest BCUT2D eigenvalue weighted by Gasteiger charge is -2.01. The maximum atomic E-state index is 3.73. The monoisotopic (exact) mass is 311 g/mol. The van der Waals surface area contributed by atoms with Crippen LogP contribution in [0.1, 0.15) is 91.9 Å². The Kier molecular flexibility index (Phi) is 34.2. The summed E-state index contributed by atoms with van der Waals surface area (Å²) in [6.07, 6.45) is 17.5. The van der Waals surface area contributed by atoms with Crippen LogP contribution in [-0.2, 0) is 0 Å². The van der Waals surface area contributed by atoms with Crippen molar-refractivity contribution >= 4 is 0 Å². The van der Waals surface area contributed by atoms with Crippen LogP contribution in [0, 0.1) is 5.92 Å². The van der Waals surface area contributed by atoms with E-state index in [1.54, 1.807) is 0 Å². The zero-order chi connectivity index (χ0) is 17.5. The summed E-state index contributed by atoms with van der Waals surface area (Å²) in [7, 11) is 2.03. The van der Waals surface area contributed by atoms with Gasteiger partial charge in [-0.15, -0.1) is 13.2 Å². The summed E-state index contributed by atoms with van der Waals surface area (Å²) >= 11 is 0. The number of rotatable bonds is 13. The first-order chi connectivity index (χ1) is 10.7. The van der Waals surface area contributed by atoms with Gasteiger partial charge in [0.05, 0.1) is 0 Å². The van der Waals surface area contributed by atoms with Crippen molar-refractivity contribution in [2.24, 2.45) is 5.92 Å². The quantitative estimate of drug-likeness (QED) is 0.281. The highest BCUT2D eigenvalue weighted by molar-refractivity contribution is 4.67. The van der Waals surface area contributed by atoms with Crippen molar-refractivity contribution in [2.45, 2.75) is 91.9 Å². The Morgan fingerprint density at radius 3 is 1.55 bits per heavy atom. The molecule has 0 aromatic rings. The van der Waals surface area contributed by atoms with Crippen molar-refractivity contribution in [3.05, 3.63) is 25.3 Å². The van der Waals surface area contributed by atoms with E-state index >= 15 is 0 Å². The summed E-state index contributed by atoms with van der Waals surface area (Å²) in [5.41, 5.74) is 0. The van der Waals surface area contributed by atoms with Crippen LogP contribution in [0.3, 0.4) is 0 Å². The number of nitrogens with one attached hydrogen (secondary N) is 1. The number of unbranched alkanes of at least 4 members (excludes halogenated alkanes) is 8. The molecule has 0 amide bonds. The third kappa shape index (κ3) is 36.6. The maximum Gasteiger partial charge on any atom is -0.00519 e. The highest BCUT2D eigenvalue weighted by Crippen LogP contribution is 2.09. The zero-order valence-corrected chi connectivity index (χ0v) is 16.4. The van der Waals surface area contributed by atoms with Crippen LogP contribution in [0.4, 0.5) is 0 Å². The number of allylic oxidation sites excluding steroid dienone is 2. The van der Waals surface area contributed by atoms with E-state index in [4.69, 9.17) is 0 Å². The van der Waals surface area contributed by atoms with Crippen molar-refractivity contribution in [1.29, 1.82) is 0 Å². The van der Waals surface area contributed by atoms with Gasteiger partial charge in [-0.2, -0.15) is 0 Å². The second-order valence-electron chi connectivity index (χ2n) is 5.93. The van der Waals surface area contributed by atoms with Gasteiger partial charge in [0.1, 0.15) is 0 Å².